The third-order valence-corrected chi connectivity index (χ3v) is 7.88. The second kappa shape index (κ2) is 23.3. The van der Waals surface area contributed by atoms with Gasteiger partial charge in [-0.2, -0.15) is 0 Å². The van der Waals surface area contributed by atoms with Crippen LogP contribution in [-0.4, -0.2) is 80.9 Å². The van der Waals surface area contributed by atoms with Gasteiger partial charge in [-0.25, -0.2) is 4.79 Å². The minimum atomic E-state index is -0.962. The van der Waals surface area contributed by atoms with E-state index in [4.69, 9.17) is 23.7 Å². The first kappa shape index (κ1) is 43.0. The average molecular weight is 681 g/mol. The molecule has 1 rings (SSSR count). The number of unbranched alkanes of at least 4 members (excludes halogenated alkanes) is 1. The Labute approximate surface area is 289 Å². The van der Waals surface area contributed by atoms with E-state index in [0.717, 1.165) is 18.4 Å². The largest absolute Gasteiger partial charge is 0.490 e. The fourth-order valence-corrected chi connectivity index (χ4v) is 5.12. The van der Waals surface area contributed by atoms with Crippen LogP contribution in [0.5, 0.6) is 11.5 Å². The minimum Gasteiger partial charge on any atom is -0.490 e. The number of amides is 2. The zero-order chi connectivity index (χ0) is 36.1. The van der Waals surface area contributed by atoms with E-state index in [2.05, 4.69) is 31.4 Å². The highest BCUT2D eigenvalue weighted by Crippen LogP contribution is 2.32. The van der Waals surface area contributed by atoms with Crippen LogP contribution in [0, 0.1) is 17.8 Å². The fourth-order valence-electron chi connectivity index (χ4n) is 5.12. The lowest BCUT2D eigenvalue weighted by Crippen LogP contribution is -2.48. The molecule has 1 aromatic rings. The zero-order valence-electron chi connectivity index (χ0n) is 31.0. The van der Waals surface area contributed by atoms with Crippen molar-refractivity contribution in [2.45, 2.75) is 125 Å². The Hall–Kier alpha value is -3.05. The summed E-state index contributed by atoms with van der Waals surface area (Å²) in [7, 11) is 1.65. The molecule has 1 aromatic carbocycles. The summed E-state index contributed by atoms with van der Waals surface area (Å²) >= 11 is 0. The SMILES string of the molecule is CCCCNC(=O)[C@H](C)C[C@H](O)[C@H](C[C@H](Cc1ccc(OCCCC(=O)OCC)c(OCCCOC)c1)C(C)C)NC(=O)OC(C)(C)C. The summed E-state index contributed by atoms with van der Waals surface area (Å²) in [5.41, 5.74) is 0.315. The number of ether oxygens (including phenoxy) is 5. The van der Waals surface area contributed by atoms with Gasteiger partial charge in [0.25, 0.3) is 0 Å². The molecule has 0 fully saturated rings. The van der Waals surface area contributed by atoms with E-state index in [1.165, 1.54) is 0 Å². The molecule has 0 radical (unpaired) electrons. The maximum atomic E-state index is 12.9. The number of carbonyl (C=O) groups excluding carboxylic acids is 3. The first-order valence-electron chi connectivity index (χ1n) is 17.7. The van der Waals surface area contributed by atoms with Crippen LogP contribution in [0.2, 0.25) is 0 Å². The summed E-state index contributed by atoms with van der Waals surface area (Å²) in [5.74, 6) is 0.674. The van der Waals surface area contributed by atoms with Crippen LogP contribution < -0.4 is 20.1 Å². The summed E-state index contributed by atoms with van der Waals surface area (Å²) < 4.78 is 27.8. The molecule has 0 bridgehead atoms. The normalized spacial score (nSPS) is 14.1. The number of esters is 1. The van der Waals surface area contributed by atoms with Crippen molar-refractivity contribution in [3.05, 3.63) is 23.8 Å². The van der Waals surface area contributed by atoms with Gasteiger partial charge in [-0.05, 0) is 89.3 Å². The number of aliphatic hydroxyl groups excluding tert-OH is 1. The van der Waals surface area contributed by atoms with Crippen molar-refractivity contribution in [1.29, 1.82) is 0 Å². The van der Waals surface area contributed by atoms with E-state index in [1.807, 2.05) is 18.2 Å². The molecule has 0 aliphatic heterocycles. The molecule has 11 nitrogen and oxygen atoms in total. The van der Waals surface area contributed by atoms with Gasteiger partial charge in [-0.1, -0.05) is 40.2 Å². The highest BCUT2D eigenvalue weighted by atomic mass is 16.6. The lowest BCUT2D eigenvalue weighted by atomic mass is 9.82. The van der Waals surface area contributed by atoms with Crippen LogP contribution in [0.15, 0.2) is 18.2 Å². The molecule has 0 unspecified atom stereocenters. The average Bonchev–Trinajstić information content (AvgIpc) is 3.00. The summed E-state index contributed by atoms with van der Waals surface area (Å²) in [4.78, 5) is 37.3. The van der Waals surface area contributed by atoms with Crippen molar-refractivity contribution in [3.8, 4) is 11.5 Å². The fraction of sp³-hybridized carbons (Fsp3) is 0.757. The third-order valence-electron chi connectivity index (χ3n) is 7.88. The van der Waals surface area contributed by atoms with Gasteiger partial charge in [-0.3, -0.25) is 9.59 Å². The highest BCUT2D eigenvalue weighted by molar-refractivity contribution is 5.78. The third kappa shape index (κ3) is 18.5. The summed E-state index contributed by atoms with van der Waals surface area (Å²) in [6.07, 6.45) is 3.13. The number of alkyl carbamates (subject to hydrolysis) is 1. The molecule has 276 valence electrons. The van der Waals surface area contributed by atoms with E-state index >= 15 is 0 Å². The zero-order valence-corrected chi connectivity index (χ0v) is 31.0. The highest BCUT2D eigenvalue weighted by Gasteiger charge is 2.31. The van der Waals surface area contributed by atoms with Gasteiger partial charge in [0.2, 0.25) is 5.91 Å². The van der Waals surface area contributed by atoms with Gasteiger partial charge in [-0.15, -0.1) is 0 Å². The van der Waals surface area contributed by atoms with E-state index in [9.17, 15) is 19.5 Å². The maximum absolute atomic E-state index is 12.9. The predicted octanol–water partition coefficient (Wildman–Crippen LogP) is 6.23. The smallest absolute Gasteiger partial charge is 0.407 e. The standard InChI is InChI=1S/C37H64N2O9/c1-10-12-18-38-35(42)27(5)22-31(40)30(39-36(43)48-37(6,7)8)25-29(26(3)4)23-28-16-17-32(33(24-28)47-21-14-19-44-9)46-20-13-15-34(41)45-11-2/h16-17,24,26-27,29-31,40H,10-15,18-23,25H2,1-9H3,(H,38,42)(H,39,43)/t27-,29+,30+,31+/m1/s1. The first-order valence-corrected chi connectivity index (χ1v) is 17.7. The molecule has 48 heavy (non-hydrogen) atoms. The molecule has 4 atom stereocenters. The Morgan fingerprint density at radius 3 is 2.23 bits per heavy atom. The van der Waals surface area contributed by atoms with E-state index < -0.39 is 29.8 Å². The molecule has 0 saturated carbocycles. The van der Waals surface area contributed by atoms with Gasteiger partial charge in [0.05, 0.1) is 32.0 Å². The van der Waals surface area contributed by atoms with Gasteiger partial charge >= 0.3 is 12.1 Å². The quantitative estimate of drug-likeness (QED) is 0.0856. The number of methoxy groups -OCH3 is 1. The lowest BCUT2D eigenvalue weighted by molar-refractivity contribution is -0.143. The Kier molecular flexibility index (Phi) is 20.9. The van der Waals surface area contributed by atoms with Gasteiger partial charge < -0.3 is 39.4 Å². The molecule has 11 heteroatoms. The van der Waals surface area contributed by atoms with E-state index in [0.29, 0.717) is 70.2 Å². The van der Waals surface area contributed by atoms with Gasteiger partial charge in [0, 0.05) is 39.0 Å². The molecule has 0 saturated heterocycles. The van der Waals surface area contributed by atoms with Crippen molar-refractivity contribution in [2.24, 2.45) is 17.8 Å². The summed E-state index contributed by atoms with van der Waals surface area (Å²) in [5, 5.41) is 17.3. The van der Waals surface area contributed by atoms with Crippen molar-refractivity contribution < 1.29 is 43.2 Å². The first-order chi connectivity index (χ1) is 22.7. The summed E-state index contributed by atoms with van der Waals surface area (Å²) in [6.45, 7) is 17.6. The number of aliphatic hydroxyl groups is 1. The van der Waals surface area contributed by atoms with E-state index in [1.54, 1.807) is 41.7 Å². The van der Waals surface area contributed by atoms with Gasteiger partial charge in [0.1, 0.15) is 5.60 Å². The Balaban J connectivity index is 3.17. The molecule has 0 aliphatic rings. The van der Waals surface area contributed by atoms with Crippen LogP contribution in [0.4, 0.5) is 4.79 Å². The van der Waals surface area contributed by atoms with Crippen LogP contribution in [0.25, 0.3) is 0 Å². The van der Waals surface area contributed by atoms with Crippen molar-refractivity contribution in [3.63, 3.8) is 0 Å². The number of benzene rings is 1. The summed E-state index contributed by atoms with van der Waals surface area (Å²) in [6, 6.07) is 5.21. The molecular weight excluding hydrogens is 616 g/mol. The number of hydrogen-bond acceptors (Lipinski definition) is 9. The molecule has 3 N–H and O–H groups in total. The Morgan fingerprint density at radius 2 is 1.60 bits per heavy atom. The molecule has 0 aliphatic carbocycles. The van der Waals surface area contributed by atoms with Crippen molar-refractivity contribution in [2.75, 3.05) is 40.1 Å². The Bertz CT molecular complexity index is 1070. The topological polar surface area (TPSA) is 142 Å². The van der Waals surface area contributed by atoms with Crippen LogP contribution >= 0.6 is 0 Å². The predicted molar refractivity (Wildman–Crippen MR) is 187 cm³/mol. The van der Waals surface area contributed by atoms with Crippen LogP contribution in [0.3, 0.4) is 0 Å². The van der Waals surface area contributed by atoms with Crippen molar-refractivity contribution >= 4 is 18.0 Å². The monoisotopic (exact) mass is 680 g/mol. The van der Waals surface area contributed by atoms with Crippen molar-refractivity contribution in [1.82, 2.24) is 10.6 Å². The molecule has 0 aromatic heterocycles. The lowest BCUT2D eigenvalue weighted by Gasteiger charge is -2.32. The van der Waals surface area contributed by atoms with Gasteiger partial charge in [0.15, 0.2) is 11.5 Å². The molecule has 0 spiro atoms. The van der Waals surface area contributed by atoms with E-state index in [-0.39, 0.29) is 36.6 Å². The number of hydrogen-bond donors (Lipinski definition) is 3. The number of rotatable bonds is 24. The molecule has 0 heterocycles. The number of carbonyl (C=O) groups is 3. The second-order valence-electron chi connectivity index (χ2n) is 13.8. The minimum absolute atomic E-state index is 0.0611. The van der Waals surface area contributed by atoms with Crippen LogP contribution in [-0.2, 0) is 30.2 Å². The maximum Gasteiger partial charge on any atom is 0.407 e. The Morgan fingerprint density at radius 1 is 0.917 bits per heavy atom. The molecular formula is C37H64N2O9. The molecule has 2 amide bonds. The number of nitrogens with one attached hydrogen (secondary N) is 2. The second-order valence-corrected chi connectivity index (χ2v) is 13.8. The van der Waals surface area contributed by atoms with Crippen LogP contribution in [0.1, 0.15) is 106 Å².